The first kappa shape index (κ1) is 26.8. The van der Waals surface area contributed by atoms with Crippen LogP contribution in [-0.2, 0) is 22.5 Å². The fraction of sp³-hybridized carbons (Fsp3) is 0.462. The van der Waals surface area contributed by atoms with Crippen molar-refractivity contribution in [3.8, 4) is 5.75 Å². The minimum absolute atomic E-state index is 0.312. The number of hydrogen-bond acceptors (Lipinski definition) is 6. The lowest BCUT2D eigenvalue weighted by molar-refractivity contribution is -0.161. The summed E-state index contributed by atoms with van der Waals surface area (Å²) in [5.74, 6) is -0.386. The summed E-state index contributed by atoms with van der Waals surface area (Å²) < 4.78 is 25.6. The Labute approximate surface area is 214 Å². The van der Waals surface area contributed by atoms with Crippen LogP contribution in [0.2, 0.25) is 0 Å². The van der Waals surface area contributed by atoms with Gasteiger partial charge in [-0.15, -0.1) is 10.2 Å². The summed E-state index contributed by atoms with van der Waals surface area (Å²) in [6, 6.07) is 12.6. The molecule has 1 aromatic heterocycles. The van der Waals surface area contributed by atoms with Gasteiger partial charge in [0.05, 0.1) is 24.0 Å². The Bertz CT molecular complexity index is 1130. The van der Waals surface area contributed by atoms with Crippen LogP contribution in [0, 0.1) is 11.7 Å². The number of carbonyl (C=O) groups is 1. The van der Waals surface area contributed by atoms with E-state index in [1.54, 1.807) is 13.2 Å². The van der Waals surface area contributed by atoms with Gasteiger partial charge in [-0.1, -0.05) is 31.5 Å². The first-order valence-electron chi connectivity index (χ1n) is 11.7. The van der Waals surface area contributed by atoms with Crippen LogP contribution in [0.15, 0.2) is 46.9 Å². The second-order valence-corrected chi connectivity index (χ2v) is 10.4. The van der Waals surface area contributed by atoms with E-state index in [0.717, 1.165) is 23.3 Å². The molecule has 0 saturated heterocycles. The van der Waals surface area contributed by atoms with Gasteiger partial charge in [0.2, 0.25) is 0 Å². The van der Waals surface area contributed by atoms with Crippen LogP contribution in [0.1, 0.15) is 63.4 Å². The SMILES string of the molecule is CCC[C@H](C(=O)OC(C)(C)C)[C@H](Cc1ccc(Br)c(F)c1)c1nnn(Cc2ccc(OC)cc2)n1. The molecule has 0 aliphatic carbocycles. The molecule has 9 heteroatoms. The van der Waals surface area contributed by atoms with Gasteiger partial charge in [-0.3, -0.25) is 4.79 Å². The monoisotopic (exact) mass is 546 g/mol. The predicted octanol–water partition coefficient (Wildman–Crippen LogP) is 5.72. The highest BCUT2D eigenvalue weighted by molar-refractivity contribution is 9.10. The first-order chi connectivity index (χ1) is 16.6. The Morgan fingerprint density at radius 1 is 1.14 bits per heavy atom. The molecule has 0 N–H and O–H groups in total. The number of methoxy groups -OCH3 is 1. The zero-order valence-electron chi connectivity index (χ0n) is 20.8. The largest absolute Gasteiger partial charge is 0.497 e. The second-order valence-electron chi connectivity index (χ2n) is 9.51. The molecular weight excluding hydrogens is 515 g/mol. The third-order valence-electron chi connectivity index (χ3n) is 5.52. The highest BCUT2D eigenvalue weighted by Gasteiger charge is 2.35. The molecule has 0 aliphatic rings. The van der Waals surface area contributed by atoms with Gasteiger partial charge >= 0.3 is 5.97 Å². The summed E-state index contributed by atoms with van der Waals surface area (Å²) in [6.45, 7) is 7.96. The van der Waals surface area contributed by atoms with E-state index in [0.29, 0.717) is 29.7 Å². The lowest BCUT2D eigenvalue weighted by Gasteiger charge is -2.28. The number of carbonyl (C=O) groups excluding carboxylic acids is 1. The summed E-state index contributed by atoms with van der Waals surface area (Å²) in [7, 11) is 1.62. The third-order valence-corrected chi connectivity index (χ3v) is 6.16. The van der Waals surface area contributed by atoms with E-state index in [1.807, 2.05) is 58.0 Å². The van der Waals surface area contributed by atoms with Crippen molar-refractivity contribution in [2.24, 2.45) is 5.92 Å². The standard InChI is InChI=1S/C26H32BrFN4O3/c1-6-7-20(25(33)35-26(2,3)4)21(14-18-10-13-22(27)23(28)15-18)24-29-31-32(30-24)16-17-8-11-19(34-5)12-9-17/h8-13,15,20-21H,6-7,14,16H2,1-5H3/t20-,21-/m0/s1. The van der Waals surface area contributed by atoms with Crippen molar-refractivity contribution in [1.82, 2.24) is 20.2 Å². The number of hydrogen-bond donors (Lipinski definition) is 0. The molecule has 1 heterocycles. The number of aromatic nitrogens is 4. The normalized spacial score (nSPS) is 13.3. The van der Waals surface area contributed by atoms with Gasteiger partial charge < -0.3 is 9.47 Å². The van der Waals surface area contributed by atoms with Crippen LogP contribution < -0.4 is 4.74 Å². The number of benzene rings is 2. The molecule has 2 aromatic carbocycles. The molecule has 0 spiro atoms. The zero-order valence-corrected chi connectivity index (χ0v) is 22.4. The van der Waals surface area contributed by atoms with Gasteiger partial charge in [0.1, 0.15) is 17.2 Å². The van der Waals surface area contributed by atoms with Gasteiger partial charge in [-0.05, 0) is 90.1 Å². The lowest BCUT2D eigenvalue weighted by Crippen LogP contribution is -2.33. The van der Waals surface area contributed by atoms with Crippen LogP contribution >= 0.6 is 15.9 Å². The molecule has 2 atom stereocenters. The molecule has 0 saturated carbocycles. The maximum Gasteiger partial charge on any atom is 0.310 e. The van der Waals surface area contributed by atoms with E-state index in [-0.39, 0.29) is 11.8 Å². The van der Waals surface area contributed by atoms with Gasteiger partial charge in [-0.25, -0.2) is 4.39 Å². The smallest absolute Gasteiger partial charge is 0.310 e. The van der Waals surface area contributed by atoms with Crippen molar-refractivity contribution in [3.05, 3.63) is 69.7 Å². The average Bonchev–Trinajstić information content (AvgIpc) is 3.26. The zero-order chi connectivity index (χ0) is 25.6. The summed E-state index contributed by atoms with van der Waals surface area (Å²) in [5.41, 5.74) is 1.10. The molecule has 3 aromatic rings. The number of halogens is 2. The van der Waals surface area contributed by atoms with Crippen LogP contribution in [0.5, 0.6) is 5.75 Å². The minimum atomic E-state index is -0.628. The van der Waals surface area contributed by atoms with Crippen molar-refractivity contribution >= 4 is 21.9 Å². The van der Waals surface area contributed by atoms with E-state index in [1.165, 1.54) is 10.9 Å². The predicted molar refractivity (Wildman–Crippen MR) is 135 cm³/mol. The van der Waals surface area contributed by atoms with Crippen molar-refractivity contribution in [2.45, 2.75) is 65.0 Å². The van der Waals surface area contributed by atoms with Crippen LogP contribution in [0.25, 0.3) is 0 Å². The fourth-order valence-corrected chi connectivity index (χ4v) is 4.12. The number of nitrogens with zero attached hydrogens (tertiary/aromatic N) is 4. The molecule has 0 unspecified atom stereocenters. The first-order valence-corrected chi connectivity index (χ1v) is 12.5. The van der Waals surface area contributed by atoms with E-state index < -0.39 is 17.4 Å². The van der Waals surface area contributed by atoms with E-state index in [2.05, 4.69) is 31.3 Å². The van der Waals surface area contributed by atoms with Gasteiger partial charge in [0.25, 0.3) is 0 Å². The summed E-state index contributed by atoms with van der Waals surface area (Å²) in [4.78, 5) is 14.7. The van der Waals surface area contributed by atoms with Crippen LogP contribution in [0.4, 0.5) is 4.39 Å². The minimum Gasteiger partial charge on any atom is -0.497 e. The highest BCUT2D eigenvalue weighted by Crippen LogP contribution is 2.33. The van der Waals surface area contributed by atoms with Crippen molar-refractivity contribution in [2.75, 3.05) is 7.11 Å². The maximum atomic E-state index is 14.3. The Morgan fingerprint density at radius 2 is 1.83 bits per heavy atom. The second kappa shape index (κ2) is 11.7. The average molecular weight is 547 g/mol. The third kappa shape index (κ3) is 7.59. The molecular formula is C26H32BrFN4O3. The summed E-state index contributed by atoms with van der Waals surface area (Å²) >= 11 is 3.20. The van der Waals surface area contributed by atoms with E-state index in [4.69, 9.17) is 9.47 Å². The Balaban J connectivity index is 1.93. The molecule has 7 nitrogen and oxygen atoms in total. The van der Waals surface area contributed by atoms with Gasteiger partial charge in [0.15, 0.2) is 5.82 Å². The van der Waals surface area contributed by atoms with Crippen LogP contribution in [-0.4, -0.2) is 38.9 Å². The fourth-order valence-electron chi connectivity index (χ4n) is 3.87. The molecule has 0 bridgehead atoms. The molecule has 0 fully saturated rings. The van der Waals surface area contributed by atoms with Gasteiger partial charge in [-0.2, -0.15) is 4.80 Å². The number of ether oxygens (including phenoxy) is 2. The summed E-state index contributed by atoms with van der Waals surface area (Å²) in [6.07, 6.45) is 1.74. The van der Waals surface area contributed by atoms with Crippen molar-refractivity contribution in [1.29, 1.82) is 0 Å². The maximum absolute atomic E-state index is 14.3. The quantitative estimate of drug-likeness (QED) is 0.303. The topological polar surface area (TPSA) is 79.1 Å². The Kier molecular flexibility index (Phi) is 8.99. The Hall–Kier alpha value is -2.81. The Morgan fingerprint density at radius 3 is 2.43 bits per heavy atom. The summed E-state index contributed by atoms with van der Waals surface area (Å²) in [5, 5.41) is 13.2. The lowest BCUT2D eigenvalue weighted by atomic mass is 9.83. The molecule has 0 aliphatic heterocycles. The van der Waals surface area contributed by atoms with E-state index in [9.17, 15) is 9.18 Å². The molecule has 188 valence electrons. The highest BCUT2D eigenvalue weighted by atomic mass is 79.9. The number of rotatable bonds is 10. The van der Waals surface area contributed by atoms with Crippen molar-refractivity contribution in [3.63, 3.8) is 0 Å². The van der Waals surface area contributed by atoms with Gasteiger partial charge in [0, 0.05) is 5.92 Å². The molecule has 3 rings (SSSR count). The number of esters is 1. The van der Waals surface area contributed by atoms with Crippen molar-refractivity contribution < 1.29 is 18.7 Å². The van der Waals surface area contributed by atoms with Crippen LogP contribution in [0.3, 0.4) is 0 Å². The molecule has 0 amide bonds. The molecule has 35 heavy (non-hydrogen) atoms. The molecule has 0 radical (unpaired) electrons. The number of tetrazole rings is 1. The van der Waals surface area contributed by atoms with E-state index >= 15 is 0 Å².